The summed E-state index contributed by atoms with van der Waals surface area (Å²) < 4.78 is 211. The van der Waals surface area contributed by atoms with Crippen molar-refractivity contribution in [3.05, 3.63) is 179 Å². The van der Waals surface area contributed by atoms with Crippen LogP contribution in [0.3, 0.4) is 0 Å². The number of benzene rings is 8. The topological polar surface area (TPSA) is 9.23 Å². The van der Waals surface area contributed by atoms with Gasteiger partial charge in [-0.3, -0.25) is 0 Å². The van der Waals surface area contributed by atoms with E-state index >= 15 is 0 Å². The Labute approximate surface area is 297 Å². The normalized spacial score (nSPS) is 22.8. The van der Waals surface area contributed by atoms with Gasteiger partial charge >= 0.3 is 0 Å². The second-order valence-corrected chi connectivity index (χ2v) is 11.1. The number of para-hydroxylation sites is 1. The maximum Gasteiger partial charge on any atom is 0.135 e. The van der Waals surface area contributed by atoms with Crippen molar-refractivity contribution in [3.8, 4) is 56.0 Å². The van der Waals surface area contributed by atoms with E-state index in [4.69, 9.17) is 18.4 Å². The summed E-state index contributed by atoms with van der Waals surface area (Å²) in [6.07, 6.45) is 0. The molecule has 0 radical (unpaired) electrons. The monoisotopic (exact) mass is 604 g/mol. The van der Waals surface area contributed by atoms with Crippen LogP contribution in [0.25, 0.3) is 66.1 Å². The first kappa shape index (κ1) is 11.8. The van der Waals surface area contributed by atoms with Crippen molar-refractivity contribution >= 4 is 21.5 Å². The largest absolute Gasteiger partial charge is 0.456 e. The third kappa shape index (κ3) is 2.87. The van der Waals surface area contributed by atoms with Crippen LogP contribution < -0.4 is 4.74 Å². The van der Waals surface area contributed by atoms with E-state index in [2.05, 4.69) is 0 Å². The van der Waals surface area contributed by atoms with Gasteiger partial charge < -0.3 is 4.74 Å². The molecule has 3 aliphatic rings. The summed E-state index contributed by atoms with van der Waals surface area (Å²) in [5.74, 6) is -0.127. The molecule has 1 heteroatoms. The van der Waals surface area contributed by atoms with Gasteiger partial charge in [-0.2, -0.15) is 0 Å². The second-order valence-electron chi connectivity index (χ2n) is 11.1. The van der Waals surface area contributed by atoms with E-state index in [9.17, 15) is 16.4 Å². The van der Waals surface area contributed by atoms with Crippen molar-refractivity contribution in [2.24, 2.45) is 0 Å². The second kappa shape index (κ2) is 8.62. The van der Waals surface area contributed by atoms with Crippen molar-refractivity contribution in [3.63, 3.8) is 0 Å². The van der Waals surface area contributed by atoms with Crippen molar-refractivity contribution in [1.82, 2.24) is 0 Å². The lowest BCUT2D eigenvalue weighted by Gasteiger charge is -2.40. The van der Waals surface area contributed by atoms with Crippen LogP contribution in [0.15, 0.2) is 157 Å². The Balaban J connectivity index is 1.48. The van der Waals surface area contributed by atoms with Gasteiger partial charge in [-0.1, -0.05) is 139 Å². The number of hydrogen-bond donors (Lipinski definition) is 0. The first-order valence-electron chi connectivity index (χ1n) is 25.2. The first-order chi connectivity index (χ1) is 32.0. The van der Waals surface area contributed by atoms with Crippen molar-refractivity contribution < 1.29 is 34.9 Å². The average Bonchev–Trinajstić information content (AvgIpc) is 3.62. The predicted octanol–water partition coefficient (Wildman–Crippen LogP) is 11.8. The third-order valence-corrected chi connectivity index (χ3v) is 8.96. The summed E-state index contributed by atoms with van der Waals surface area (Å²) in [7, 11) is 0. The zero-order chi connectivity index (χ0) is 49.1. The summed E-state index contributed by atoms with van der Waals surface area (Å²) in [5, 5.41) is -1.45. The van der Waals surface area contributed by atoms with E-state index in [0.717, 1.165) is 0 Å². The molecule has 1 heterocycles. The summed E-state index contributed by atoms with van der Waals surface area (Å²) >= 11 is 0. The Morgan fingerprint density at radius 1 is 0.435 bits per heavy atom. The molecule has 8 aromatic rings. The fraction of sp³-hybridized carbons (Fsp3) is 0.0222. The molecule has 212 valence electrons. The fourth-order valence-corrected chi connectivity index (χ4v) is 7.15. The molecular formula is C45H26O. The molecule has 8 aromatic carbocycles. The summed E-state index contributed by atoms with van der Waals surface area (Å²) in [6, 6.07) is -11.8. The van der Waals surface area contributed by atoms with Crippen LogP contribution >= 0.6 is 0 Å². The summed E-state index contributed by atoms with van der Waals surface area (Å²) in [5.41, 5.74) is -8.41. The van der Waals surface area contributed by atoms with Crippen molar-refractivity contribution in [1.29, 1.82) is 0 Å². The van der Waals surface area contributed by atoms with E-state index in [-0.39, 0.29) is 33.4 Å². The maximum absolute atomic E-state index is 10.4. The Morgan fingerprint density at radius 3 is 1.91 bits per heavy atom. The average molecular weight is 605 g/mol. The van der Waals surface area contributed by atoms with Gasteiger partial charge in [0.1, 0.15) is 11.5 Å². The quantitative estimate of drug-likeness (QED) is 0.181. The van der Waals surface area contributed by atoms with Crippen LogP contribution in [0.1, 0.15) is 52.4 Å². The Hall–Kier alpha value is -5.92. The Morgan fingerprint density at radius 2 is 1.07 bits per heavy atom. The van der Waals surface area contributed by atoms with Gasteiger partial charge in [0, 0.05) is 10.9 Å². The minimum absolute atomic E-state index is 0.0186. The summed E-state index contributed by atoms with van der Waals surface area (Å²) in [6.45, 7) is 0. The SMILES string of the molecule is [2H]c1c([2H])c([2H])c2c(c1[2H])-c1c([2H])c([2H])c(-c3c([2H])c([2H])c4c5c(c([2H])c([2H])c([2H])c35)-c3ccccc3O4)c([2H])c1C21c2c([2H])c([2H])c([2H])c([2H])c2-c2c([2H])c([2H])c([2H])c3c([2H])c([2H])c([2H])c1c23. The minimum atomic E-state index is -2.85. The molecule has 0 saturated carbocycles. The zero-order valence-corrected chi connectivity index (χ0v) is 23.2. The molecule has 0 fully saturated rings. The minimum Gasteiger partial charge on any atom is -0.456 e. The summed E-state index contributed by atoms with van der Waals surface area (Å²) in [4.78, 5) is 0. The van der Waals surface area contributed by atoms with Crippen LogP contribution in [0.4, 0.5) is 0 Å². The van der Waals surface area contributed by atoms with E-state index in [1.807, 2.05) is 0 Å². The van der Waals surface area contributed by atoms with Gasteiger partial charge in [0.2, 0.25) is 0 Å². The van der Waals surface area contributed by atoms with E-state index < -0.39 is 205 Å². The standard InChI is InChI=1S/C45H26O/c1-4-18-37-30(12-1)32-23-22-28(29-24-25-42-44-34(29)16-9-17-36(44)33-14-3-6-21-41(33)46-42)26-40(32)45(37)38-19-5-2-13-31(38)35-15-7-10-27-11-8-20-39(45)43(27)35/h1-26H/i1D,2D,4D,5D,7D,8D,9D,10D,11D,12D,13D,15D,16D,17D,18D,19D,20D,22D,23D,24D,25D,26D. The zero-order valence-electron chi connectivity index (χ0n) is 45.2. The number of ether oxygens (including phenoxy) is 1. The Bertz CT molecular complexity index is 3850. The predicted molar refractivity (Wildman–Crippen MR) is 189 cm³/mol. The van der Waals surface area contributed by atoms with Crippen LogP contribution in [-0.2, 0) is 5.41 Å². The van der Waals surface area contributed by atoms with E-state index in [1.54, 1.807) is 24.3 Å². The van der Waals surface area contributed by atoms with Gasteiger partial charge in [-0.15, -0.1) is 0 Å². The van der Waals surface area contributed by atoms with Crippen molar-refractivity contribution in [2.45, 2.75) is 5.41 Å². The first-order valence-corrected chi connectivity index (χ1v) is 14.2. The lowest BCUT2D eigenvalue weighted by atomic mass is 9.61. The van der Waals surface area contributed by atoms with E-state index in [0.29, 0.717) is 0 Å². The molecule has 0 saturated heterocycles. The van der Waals surface area contributed by atoms with Gasteiger partial charge in [-0.05, 0) is 95.5 Å². The highest BCUT2D eigenvalue weighted by Gasteiger charge is 2.50. The molecule has 11 rings (SSSR count). The highest BCUT2D eigenvalue weighted by molar-refractivity contribution is 6.11. The molecule has 0 amide bonds. The molecular weight excluding hydrogens is 556 g/mol. The molecule has 2 aliphatic carbocycles. The van der Waals surface area contributed by atoms with Crippen LogP contribution in [0.5, 0.6) is 11.5 Å². The molecule has 1 unspecified atom stereocenters. The van der Waals surface area contributed by atoms with E-state index in [1.165, 1.54) is 0 Å². The molecule has 1 spiro atoms. The molecule has 0 aromatic heterocycles. The maximum atomic E-state index is 10.4. The molecule has 1 aliphatic heterocycles. The molecule has 1 atom stereocenters. The third-order valence-electron chi connectivity index (χ3n) is 8.96. The fourth-order valence-electron chi connectivity index (χ4n) is 7.15. The number of hydrogen-bond acceptors (Lipinski definition) is 1. The number of rotatable bonds is 1. The van der Waals surface area contributed by atoms with Crippen molar-refractivity contribution in [2.75, 3.05) is 0 Å². The van der Waals surface area contributed by atoms with Gasteiger partial charge in [0.25, 0.3) is 0 Å². The number of fused-ring (bicyclic) bond motifs is 11. The van der Waals surface area contributed by atoms with Gasteiger partial charge in [0.05, 0.1) is 35.6 Å². The molecule has 0 N–H and O–H groups in total. The van der Waals surface area contributed by atoms with Crippen LogP contribution in [0.2, 0.25) is 0 Å². The molecule has 1 nitrogen and oxygen atoms in total. The van der Waals surface area contributed by atoms with Gasteiger partial charge in [-0.25, -0.2) is 0 Å². The molecule has 46 heavy (non-hydrogen) atoms. The highest BCUT2D eigenvalue weighted by atomic mass is 16.5. The lowest BCUT2D eigenvalue weighted by molar-refractivity contribution is 0.487. The lowest BCUT2D eigenvalue weighted by Crippen LogP contribution is -2.31. The smallest absolute Gasteiger partial charge is 0.135 e. The van der Waals surface area contributed by atoms with Gasteiger partial charge in [0.15, 0.2) is 0 Å². The van der Waals surface area contributed by atoms with Crippen LogP contribution in [0, 0.1) is 0 Å². The molecule has 0 bridgehead atoms. The van der Waals surface area contributed by atoms with Crippen LogP contribution in [-0.4, -0.2) is 0 Å². The highest BCUT2D eigenvalue weighted by Crippen LogP contribution is 2.62. The Kier molecular flexibility index (Phi) is 2.21.